The second kappa shape index (κ2) is 7.92. The van der Waals surface area contributed by atoms with Crippen LogP contribution in [0.15, 0.2) is 42.5 Å². The Morgan fingerprint density at radius 2 is 1.85 bits per heavy atom. The van der Waals surface area contributed by atoms with Crippen LogP contribution in [0.2, 0.25) is 0 Å². The number of nitrogens with one attached hydrogen (secondary N) is 2. The van der Waals surface area contributed by atoms with Crippen LogP contribution >= 0.6 is 0 Å². The summed E-state index contributed by atoms with van der Waals surface area (Å²) in [4.78, 5) is 12.5. The quantitative estimate of drug-likeness (QED) is 0.842. The molecule has 0 aliphatic rings. The van der Waals surface area contributed by atoms with Crippen LogP contribution in [0, 0.1) is 11.3 Å². The second-order valence-electron chi connectivity index (χ2n) is 7.18. The largest absolute Gasteiger partial charge is 0.495 e. The Balaban J connectivity index is 2.19. The summed E-state index contributed by atoms with van der Waals surface area (Å²) in [6, 6.07) is 14.4. The van der Waals surface area contributed by atoms with Gasteiger partial charge in [-0.15, -0.1) is 0 Å². The molecule has 5 heteroatoms. The second-order valence-corrected chi connectivity index (χ2v) is 7.18. The molecule has 2 aromatic carbocycles. The molecule has 2 N–H and O–H groups in total. The lowest BCUT2D eigenvalue weighted by molar-refractivity contribution is -0.116. The lowest BCUT2D eigenvalue weighted by Gasteiger charge is -2.23. The zero-order valence-corrected chi connectivity index (χ0v) is 15.9. The average molecular weight is 351 g/mol. The van der Waals surface area contributed by atoms with E-state index >= 15 is 0 Å². The predicted octanol–water partition coefficient (Wildman–Crippen LogP) is 4.30. The SMILES string of the molecule is COc1ccc(C(C)(C)C)cc1N[C@@H](C)C(=O)Nc1ccccc1C#N. The van der Waals surface area contributed by atoms with Gasteiger partial charge in [0.1, 0.15) is 17.9 Å². The topological polar surface area (TPSA) is 74.2 Å². The summed E-state index contributed by atoms with van der Waals surface area (Å²) in [5.74, 6) is 0.450. The number of rotatable bonds is 5. The van der Waals surface area contributed by atoms with Crippen LogP contribution in [-0.4, -0.2) is 19.1 Å². The molecule has 0 bridgehead atoms. The molecule has 0 spiro atoms. The van der Waals surface area contributed by atoms with Gasteiger partial charge in [0, 0.05) is 0 Å². The van der Waals surface area contributed by atoms with Crippen LogP contribution < -0.4 is 15.4 Å². The summed E-state index contributed by atoms with van der Waals surface area (Å²) in [6.45, 7) is 8.17. The van der Waals surface area contributed by atoms with Gasteiger partial charge in [0.25, 0.3) is 0 Å². The van der Waals surface area contributed by atoms with E-state index in [9.17, 15) is 4.79 Å². The molecule has 0 saturated heterocycles. The molecule has 136 valence electrons. The molecule has 0 heterocycles. The van der Waals surface area contributed by atoms with Crippen LogP contribution in [0.1, 0.15) is 38.8 Å². The van der Waals surface area contributed by atoms with Crippen LogP contribution in [-0.2, 0) is 10.2 Å². The van der Waals surface area contributed by atoms with Crippen molar-refractivity contribution in [1.82, 2.24) is 0 Å². The smallest absolute Gasteiger partial charge is 0.246 e. The molecule has 0 saturated carbocycles. The molecule has 0 aliphatic heterocycles. The average Bonchev–Trinajstić information content (AvgIpc) is 2.61. The fourth-order valence-corrected chi connectivity index (χ4v) is 2.52. The number of nitriles is 1. The van der Waals surface area contributed by atoms with Crippen molar-refractivity contribution in [2.75, 3.05) is 17.7 Å². The number of ether oxygens (including phenoxy) is 1. The van der Waals surface area contributed by atoms with Gasteiger partial charge in [0.15, 0.2) is 0 Å². The minimum absolute atomic E-state index is 0.0140. The van der Waals surface area contributed by atoms with Gasteiger partial charge in [-0.3, -0.25) is 4.79 Å². The highest BCUT2D eigenvalue weighted by Gasteiger charge is 2.19. The van der Waals surface area contributed by atoms with Crippen molar-refractivity contribution in [3.8, 4) is 11.8 Å². The monoisotopic (exact) mass is 351 g/mol. The third-order valence-corrected chi connectivity index (χ3v) is 4.14. The molecule has 1 atom stereocenters. The number of benzene rings is 2. The number of amides is 1. The van der Waals surface area contributed by atoms with Gasteiger partial charge in [-0.25, -0.2) is 0 Å². The van der Waals surface area contributed by atoms with Crippen molar-refractivity contribution in [3.63, 3.8) is 0 Å². The number of anilines is 2. The molecule has 0 aliphatic carbocycles. The van der Waals surface area contributed by atoms with Gasteiger partial charge in [-0.05, 0) is 42.2 Å². The summed E-state index contributed by atoms with van der Waals surface area (Å²) >= 11 is 0. The Morgan fingerprint density at radius 1 is 1.15 bits per heavy atom. The Morgan fingerprint density at radius 3 is 2.46 bits per heavy atom. The lowest BCUT2D eigenvalue weighted by Crippen LogP contribution is -2.32. The summed E-state index contributed by atoms with van der Waals surface area (Å²) < 4.78 is 5.41. The van der Waals surface area contributed by atoms with E-state index < -0.39 is 6.04 Å². The predicted molar refractivity (Wildman–Crippen MR) is 105 cm³/mol. The molecule has 5 nitrogen and oxygen atoms in total. The number of hydrogen-bond donors (Lipinski definition) is 2. The van der Waals surface area contributed by atoms with Gasteiger partial charge in [-0.2, -0.15) is 5.26 Å². The first kappa shape index (κ1) is 19.3. The van der Waals surface area contributed by atoms with Crippen LogP contribution in [0.4, 0.5) is 11.4 Å². The van der Waals surface area contributed by atoms with E-state index in [-0.39, 0.29) is 11.3 Å². The molecule has 0 aromatic heterocycles. The Hall–Kier alpha value is -3.00. The number of hydrogen-bond acceptors (Lipinski definition) is 4. The van der Waals surface area contributed by atoms with Gasteiger partial charge < -0.3 is 15.4 Å². The van der Waals surface area contributed by atoms with Gasteiger partial charge >= 0.3 is 0 Å². The zero-order valence-electron chi connectivity index (χ0n) is 15.9. The van der Waals surface area contributed by atoms with Gasteiger partial charge in [0.05, 0.1) is 24.0 Å². The fourth-order valence-electron chi connectivity index (χ4n) is 2.52. The van der Waals surface area contributed by atoms with Crippen molar-refractivity contribution >= 4 is 17.3 Å². The highest BCUT2D eigenvalue weighted by atomic mass is 16.5. The third-order valence-electron chi connectivity index (χ3n) is 4.14. The van der Waals surface area contributed by atoms with E-state index in [0.29, 0.717) is 17.0 Å². The Labute approximate surface area is 155 Å². The maximum atomic E-state index is 12.5. The molecule has 2 aromatic rings. The van der Waals surface area contributed by atoms with Crippen LogP contribution in [0.5, 0.6) is 5.75 Å². The van der Waals surface area contributed by atoms with Crippen molar-refractivity contribution in [2.45, 2.75) is 39.2 Å². The zero-order chi connectivity index (χ0) is 19.3. The standard InChI is InChI=1S/C21H25N3O2/c1-14(20(25)24-17-9-7-6-8-15(17)13-22)23-18-12-16(21(2,3)4)10-11-19(18)26-5/h6-12,14,23H,1-5H3,(H,24,25)/t14-/m0/s1. The number of carbonyl (C=O) groups is 1. The molecular weight excluding hydrogens is 326 g/mol. The van der Waals surface area contributed by atoms with E-state index in [4.69, 9.17) is 10.00 Å². The highest BCUT2D eigenvalue weighted by Crippen LogP contribution is 2.32. The summed E-state index contributed by atoms with van der Waals surface area (Å²) in [6.07, 6.45) is 0. The van der Waals surface area contributed by atoms with E-state index in [0.717, 1.165) is 11.3 Å². The number of nitrogens with zero attached hydrogens (tertiary/aromatic N) is 1. The first-order valence-electron chi connectivity index (χ1n) is 8.51. The maximum Gasteiger partial charge on any atom is 0.246 e. The van der Waals surface area contributed by atoms with E-state index in [1.165, 1.54) is 0 Å². The Kier molecular flexibility index (Phi) is 5.89. The molecule has 2 rings (SSSR count). The van der Waals surface area contributed by atoms with Crippen molar-refractivity contribution in [2.24, 2.45) is 0 Å². The van der Waals surface area contributed by atoms with Crippen molar-refractivity contribution in [3.05, 3.63) is 53.6 Å². The van der Waals surface area contributed by atoms with Crippen LogP contribution in [0.3, 0.4) is 0 Å². The first-order chi connectivity index (χ1) is 12.3. The molecule has 1 amide bonds. The molecule has 0 radical (unpaired) electrons. The third kappa shape index (κ3) is 4.54. The van der Waals surface area contributed by atoms with Crippen LogP contribution in [0.25, 0.3) is 0 Å². The normalized spacial score (nSPS) is 12.0. The van der Waals surface area contributed by atoms with E-state index in [2.05, 4.69) is 37.5 Å². The number of carbonyl (C=O) groups excluding carboxylic acids is 1. The highest BCUT2D eigenvalue weighted by molar-refractivity contribution is 5.97. The summed E-state index contributed by atoms with van der Waals surface area (Å²) in [5.41, 5.74) is 2.82. The minimum atomic E-state index is -0.508. The Bertz CT molecular complexity index is 832. The van der Waals surface area contributed by atoms with Crippen molar-refractivity contribution < 1.29 is 9.53 Å². The maximum absolute atomic E-state index is 12.5. The fraction of sp³-hybridized carbons (Fsp3) is 0.333. The molecule has 0 unspecified atom stereocenters. The number of para-hydroxylation sites is 1. The van der Waals surface area contributed by atoms with Crippen molar-refractivity contribution in [1.29, 1.82) is 5.26 Å². The van der Waals surface area contributed by atoms with E-state index in [1.807, 2.05) is 18.2 Å². The lowest BCUT2D eigenvalue weighted by atomic mass is 9.86. The molecular formula is C21H25N3O2. The minimum Gasteiger partial charge on any atom is -0.495 e. The first-order valence-corrected chi connectivity index (χ1v) is 8.51. The van der Waals surface area contributed by atoms with Gasteiger partial charge in [0.2, 0.25) is 5.91 Å². The molecule has 0 fully saturated rings. The van der Waals surface area contributed by atoms with E-state index in [1.54, 1.807) is 38.3 Å². The summed E-state index contributed by atoms with van der Waals surface area (Å²) in [7, 11) is 1.60. The summed E-state index contributed by atoms with van der Waals surface area (Å²) in [5, 5.41) is 15.2. The number of methoxy groups -OCH3 is 1. The molecule has 26 heavy (non-hydrogen) atoms. The van der Waals surface area contributed by atoms with Gasteiger partial charge in [-0.1, -0.05) is 39.0 Å².